The lowest BCUT2D eigenvalue weighted by molar-refractivity contribution is -0.147. The maximum atomic E-state index is 12.3. The number of hydrogen-bond donors (Lipinski definition) is 1. The molecule has 0 aliphatic heterocycles. The van der Waals surface area contributed by atoms with E-state index in [0.29, 0.717) is 18.7 Å². The molecular formula is C30H28N2O5. The number of esters is 2. The van der Waals surface area contributed by atoms with Crippen LogP contribution in [0, 0.1) is 11.3 Å². The Hall–Kier alpha value is -4.83. The van der Waals surface area contributed by atoms with Crippen LogP contribution in [0.1, 0.15) is 23.6 Å². The van der Waals surface area contributed by atoms with Crippen molar-refractivity contribution in [3.8, 4) is 11.8 Å². The summed E-state index contributed by atoms with van der Waals surface area (Å²) in [6.45, 7) is 5.84. The van der Waals surface area contributed by atoms with Gasteiger partial charge in [-0.25, -0.2) is 9.59 Å². The van der Waals surface area contributed by atoms with Crippen LogP contribution in [0.4, 0.5) is 5.69 Å². The molecule has 3 aromatic carbocycles. The molecule has 0 spiro atoms. The minimum absolute atomic E-state index is 0.0837. The molecule has 0 heterocycles. The van der Waals surface area contributed by atoms with E-state index in [1.807, 2.05) is 66.7 Å². The van der Waals surface area contributed by atoms with Gasteiger partial charge in [0.25, 0.3) is 0 Å². The van der Waals surface area contributed by atoms with Gasteiger partial charge in [0, 0.05) is 36.0 Å². The molecule has 188 valence electrons. The summed E-state index contributed by atoms with van der Waals surface area (Å²) < 4.78 is 9.87. The molecule has 0 amide bonds. The smallest absolute Gasteiger partial charge is 0.349 e. The Balaban J connectivity index is 1.75. The predicted molar refractivity (Wildman–Crippen MR) is 141 cm³/mol. The summed E-state index contributed by atoms with van der Waals surface area (Å²) in [7, 11) is 0. The van der Waals surface area contributed by atoms with Gasteiger partial charge in [-0.05, 0) is 36.3 Å². The number of phenols is 1. The third kappa shape index (κ3) is 8.11. The molecule has 0 fully saturated rings. The number of phenolic OH excluding ortho intramolecular Hbond substituents is 1. The average molecular weight is 497 g/mol. The maximum absolute atomic E-state index is 12.3. The second-order valence-corrected chi connectivity index (χ2v) is 8.29. The fourth-order valence-electron chi connectivity index (χ4n) is 3.46. The SMILES string of the molecule is C=C(C)C(=O)OCCOC(=O)/C(C#N)=C/c1ccc(N(Cc2ccccc2)Cc2ccccc2)cc1O. The largest absolute Gasteiger partial charge is 0.507 e. The van der Waals surface area contributed by atoms with E-state index in [4.69, 9.17) is 9.47 Å². The van der Waals surface area contributed by atoms with E-state index in [-0.39, 0.29) is 30.1 Å². The minimum atomic E-state index is -0.882. The number of carbonyl (C=O) groups excluding carboxylic acids is 2. The highest BCUT2D eigenvalue weighted by Crippen LogP contribution is 2.29. The minimum Gasteiger partial charge on any atom is -0.507 e. The number of hydrogen-bond acceptors (Lipinski definition) is 7. The number of aromatic hydroxyl groups is 1. The molecule has 0 aliphatic rings. The Kier molecular flexibility index (Phi) is 9.63. The number of nitrogens with zero attached hydrogens (tertiary/aromatic N) is 2. The molecule has 0 bridgehead atoms. The summed E-state index contributed by atoms with van der Waals surface area (Å²) in [5, 5.41) is 20.2. The fourth-order valence-corrected chi connectivity index (χ4v) is 3.46. The summed E-state index contributed by atoms with van der Waals surface area (Å²) >= 11 is 0. The van der Waals surface area contributed by atoms with Crippen molar-refractivity contribution in [2.24, 2.45) is 0 Å². The highest BCUT2D eigenvalue weighted by Gasteiger charge is 2.15. The van der Waals surface area contributed by atoms with Crippen LogP contribution in [0.2, 0.25) is 0 Å². The summed E-state index contributed by atoms with van der Waals surface area (Å²) in [4.78, 5) is 25.8. The number of anilines is 1. The van der Waals surface area contributed by atoms with E-state index in [2.05, 4.69) is 11.5 Å². The number of nitriles is 1. The Bertz CT molecular complexity index is 1270. The molecule has 0 unspecified atom stereocenters. The Morgan fingerprint density at radius 3 is 1.95 bits per heavy atom. The molecule has 0 aromatic heterocycles. The van der Waals surface area contributed by atoms with Crippen molar-refractivity contribution < 1.29 is 24.2 Å². The third-order valence-electron chi connectivity index (χ3n) is 5.35. The van der Waals surface area contributed by atoms with Crippen molar-refractivity contribution in [3.63, 3.8) is 0 Å². The maximum Gasteiger partial charge on any atom is 0.349 e. The molecule has 37 heavy (non-hydrogen) atoms. The van der Waals surface area contributed by atoms with E-state index in [1.165, 1.54) is 13.0 Å². The molecule has 1 N–H and O–H groups in total. The van der Waals surface area contributed by atoms with Gasteiger partial charge in [0.05, 0.1) is 0 Å². The molecule has 3 rings (SSSR count). The van der Waals surface area contributed by atoms with Crippen molar-refractivity contribution >= 4 is 23.7 Å². The topological polar surface area (TPSA) is 99.9 Å². The number of ether oxygens (including phenoxy) is 2. The van der Waals surface area contributed by atoms with Crippen molar-refractivity contribution in [1.82, 2.24) is 0 Å². The Morgan fingerprint density at radius 1 is 0.919 bits per heavy atom. The first-order chi connectivity index (χ1) is 17.9. The van der Waals surface area contributed by atoms with E-state index in [0.717, 1.165) is 16.8 Å². The number of benzene rings is 3. The zero-order valence-electron chi connectivity index (χ0n) is 20.6. The third-order valence-corrected chi connectivity index (χ3v) is 5.35. The predicted octanol–water partition coefficient (Wildman–Crippen LogP) is 5.17. The van der Waals surface area contributed by atoms with Crippen LogP contribution in [-0.2, 0) is 32.2 Å². The molecule has 7 nitrogen and oxygen atoms in total. The highest BCUT2D eigenvalue weighted by atomic mass is 16.6. The monoisotopic (exact) mass is 496 g/mol. The normalized spacial score (nSPS) is 10.8. The Morgan fingerprint density at radius 2 is 1.46 bits per heavy atom. The zero-order valence-corrected chi connectivity index (χ0v) is 20.6. The molecule has 0 saturated heterocycles. The van der Waals surface area contributed by atoms with Crippen LogP contribution in [0.5, 0.6) is 5.75 Å². The van der Waals surface area contributed by atoms with Gasteiger partial charge in [-0.1, -0.05) is 67.2 Å². The lowest BCUT2D eigenvalue weighted by Gasteiger charge is -2.26. The first-order valence-corrected chi connectivity index (χ1v) is 11.6. The van der Waals surface area contributed by atoms with Crippen LogP contribution in [0.15, 0.2) is 96.6 Å². The average Bonchev–Trinajstić information content (AvgIpc) is 2.91. The van der Waals surface area contributed by atoms with Crippen LogP contribution < -0.4 is 4.90 Å². The van der Waals surface area contributed by atoms with Gasteiger partial charge in [-0.15, -0.1) is 0 Å². The Labute approximate surface area is 216 Å². The first kappa shape index (κ1) is 26.8. The van der Waals surface area contributed by atoms with Crippen molar-refractivity contribution in [3.05, 3.63) is 113 Å². The lowest BCUT2D eigenvalue weighted by Crippen LogP contribution is -2.22. The van der Waals surface area contributed by atoms with E-state index in [9.17, 15) is 20.0 Å². The molecule has 0 saturated carbocycles. The van der Waals surface area contributed by atoms with Gasteiger partial charge in [0.1, 0.15) is 30.6 Å². The van der Waals surface area contributed by atoms with Gasteiger partial charge in [0.15, 0.2) is 0 Å². The zero-order chi connectivity index (χ0) is 26.6. The quantitative estimate of drug-likeness (QED) is 0.169. The molecule has 0 atom stereocenters. The van der Waals surface area contributed by atoms with Crippen molar-refractivity contribution in [2.45, 2.75) is 20.0 Å². The van der Waals surface area contributed by atoms with Crippen LogP contribution in [0.25, 0.3) is 6.08 Å². The number of carbonyl (C=O) groups is 2. The summed E-state index contributed by atoms with van der Waals surface area (Å²) in [5.41, 5.74) is 3.25. The van der Waals surface area contributed by atoms with E-state index >= 15 is 0 Å². The summed E-state index contributed by atoms with van der Waals surface area (Å²) in [5.74, 6) is -1.56. The highest BCUT2D eigenvalue weighted by molar-refractivity contribution is 5.98. The van der Waals surface area contributed by atoms with E-state index in [1.54, 1.807) is 18.2 Å². The summed E-state index contributed by atoms with van der Waals surface area (Å²) in [6.07, 6.45) is 1.26. The van der Waals surface area contributed by atoms with Gasteiger partial charge in [0.2, 0.25) is 0 Å². The van der Waals surface area contributed by atoms with Gasteiger partial charge >= 0.3 is 11.9 Å². The van der Waals surface area contributed by atoms with Crippen molar-refractivity contribution in [1.29, 1.82) is 5.26 Å². The van der Waals surface area contributed by atoms with Crippen LogP contribution in [0.3, 0.4) is 0 Å². The van der Waals surface area contributed by atoms with Crippen LogP contribution >= 0.6 is 0 Å². The van der Waals surface area contributed by atoms with Crippen molar-refractivity contribution in [2.75, 3.05) is 18.1 Å². The molecule has 7 heteroatoms. The van der Waals surface area contributed by atoms with Crippen LogP contribution in [-0.4, -0.2) is 30.3 Å². The molecular weight excluding hydrogens is 468 g/mol. The standard InChI is InChI=1S/C30H28N2O5/c1-22(2)29(34)36-15-16-37-30(35)26(19-31)17-25-13-14-27(18-28(25)33)32(20-23-9-5-3-6-10-23)21-24-11-7-4-8-12-24/h3-14,17-18,33H,1,15-16,20-21H2,2H3/b26-17+. The summed E-state index contributed by atoms with van der Waals surface area (Å²) in [6, 6.07) is 26.9. The fraction of sp³-hybridized carbons (Fsp3) is 0.167. The second-order valence-electron chi connectivity index (χ2n) is 8.29. The first-order valence-electron chi connectivity index (χ1n) is 11.6. The number of rotatable bonds is 11. The molecule has 0 aliphatic carbocycles. The molecule has 3 aromatic rings. The van der Waals surface area contributed by atoms with Gasteiger partial charge in [-0.3, -0.25) is 0 Å². The van der Waals surface area contributed by atoms with Gasteiger partial charge < -0.3 is 19.5 Å². The van der Waals surface area contributed by atoms with Gasteiger partial charge in [-0.2, -0.15) is 5.26 Å². The van der Waals surface area contributed by atoms with E-state index < -0.39 is 11.9 Å². The lowest BCUT2D eigenvalue weighted by atomic mass is 10.1. The molecule has 0 radical (unpaired) electrons. The second kappa shape index (κ2) is 13.3.